The largest absolute Gasteiger partial charge is 1.00 e. The van der Waals surface area contributed by atoms with Crippen LogP contribution in [0.5, 0.6) is 0 Å². The summed E-state index contributed by atoms with van der Waals surface area (Å²) in [7, 11) is 0. The second-order valence-corrected chi connectivity index (χ2v) is 18.2. The third-order valence-corrected chi connectivity index (χ3v) is 5.15. The van der Waals surface area contributed by atoms with Crippen molar-refractivity contribution in [2.24, 2.45) is 0 Å². The van der Waals surface area contributed by atoms with Gasteiger partial charge in [0.05, 0.1) is 0 Å². The van der Waals surface area contributed by atoms with Crippen LogP contribution < -0.4 is 24.8 Å². The van der Waals surface area contributed by atoms with Gasteiger partial charge in [-0.1, -0.05) is 79.1 Å². The van der Waals surface area contributed by atoms with Gasteiger partial charge in [-0.3, -0.25) is 0 Å². The van der Waals surface area contributed by atoms with Crippen molar-refractivity contribution in [1.82, 2.24) is 0 Å². The summed E-state index contributed by atoms with van der Waals surface area (Å²) in [6.07, 6.45) is 2.41. The smallest absolute Gasteiger partial charge is 1.00 e. The molecule has 0 aliphatic rings. The Labute approximate surface area is 203 Å². The zero-order valence-electron chi connectivity index (χ0n) is 19.6. The fraction of sp³-hybridized carbons (Fsp3) is 0.583. The number of rotatable bonds is 4. The molecule has 0 aliphatic carbocycles. The van der Waals surface area contributed by atoms with Gasteiger partial charge in [0.25, 0.3) is 0 Å². The third-order valence-electron chi connectivity index (χ3n) is 5.15. The van der Waals surface area contributed by atoms with E-state index in [1.807, 2.05) is 0 Å². The minimum atomic E-state index is 0. The molecule has 0 unspecified atom stereocenters. The molecule has 4 heteroatoms. The van der Waals surface area contributed by atoms with Crippen molar-refractivity contribution in [2.75, 3.05) is 0 Å². The fourth-order valence-corrected chi connectivity index (χ4v) is 2.38. The van der Waals surface area contributed by atoms with Crippen molar-refractivity contribution in [3.63, 3.8) is 0 Å². The monoisotopic (exact) mass is 516 g/mol. The summed E-state index contributed by atoms with van der Waals surface area (Å²) in [6.45, 7) is 22.6. The summed E-state index contributed by atoms with van der Waals surface area (Å²) >= 11 is 1.74. The molecule has 0 aromatic heterocycles. The van der Waals surface area contributed by atoms with Gasteiger partial charge in [-0.25, -0.2) is 12.1 Å². The van der Waals surface area contributed by atoms with E-state index in [1.54, 1.807) is 23.3 Å². The van der Waals surface area contributed by atoms with Crippen molar-refractivity contribution in [1.29, 1.82) is 0 Å². The van der Waals surface area contributed by atoms with E-state index in [4.69, 9.17) is 0 Å². The molecule has 2 aromatic carbocycles. The molecule has 0 N–H and O–H groups in total. The van der Waals surface area contributed by atoms with Gasteiger partial charge in [-0.15, -0.1) is 0 Å². The van der Waals surface area contributed by atoms with E-state index in [-0.39, 0.29) is 30.2 Å². The summed E-state index contributed by atoms with van der Waals surface area (Å²) in [6, 6.07) is 13.4. The van der Waals surface area contributed by atoms with Gasteiger partial charge >= 0.3 is 41.9 Å². The van der Waals surface area contributed by atoms with Crippen LogP contribution in [0.15, 0.2) is 36.4 Å². The van der Waals surface area contributed by atoms with E-state index >= 15 is 0 Å². The molecule has 0 saturated carbocycles. The zero-order valence-corrected chi connectivity index (χ0v) is 24.6. The van der Waals surface area contributed by atoms with Gasteiger partial charge in [-0.05, 0) is 0 Å². The van der Waals surface area contributed by atoms with Crippen LogP contribution in [0.1, 0.15) is 76.6 Å². The van der Waals surface area contributed by atoms with Crippen LogP contribution in [0.3, 0.4) is 0 Å². The van der Waals surface area contributed by atoms with Crippen molar-refractivity contribution < 1.29 is 48.1 Å². The number of halogens is 2. The standard InChI is InChI=1S/2C11H17.C2H6Si.2ClH.Zr/c2*1-5-11(3,4)10-7-6-9(2)8-10;1-3-2;;;/h2*6-8H,5H2,1-4H3;1-2H3;2*1H;/q2*-1;;;;+2/p-2. The van der Waals surface area contributed by atoms with Crippen molar-refractivity contribution in [3.05, 3.63) is 58.7 Å². The Morgan fingerprint density at radius 1 is 0.786 bits per heavy atom. The summed E-state index contributed by atoms with van der Waals surface area (Å²) in [5.74, 6) is 0. The molecule has 0 aliphatic heterocycles. The zero-order chi connectivity index (χ0) is 20.5. The Hall–Kier alpha value is 0.380. The maximum absolute atomic E-state index is 2.31. The molecule has 0 nitrogen and oxygen atoms in total. The number of hydrogen-bond acceptors (Lipinski definition) is 0. The Morgan fingerprint density at radius 3 is 1.18 bits per heavy atom. The Kier molecular flexibility index (Phi) is 18.0. The van der Waals surface area contributed by atoms with Crippen LogP contribution >= 0.6 is 0 Å². The van der Waals surface area contributed by atoms with E-state index in [0.717, 1.165) is 0 Å². The van der Waals surface area contributed by atoms with E-state index < -0.39 is 0 Å². The van der Waals surface area contributed by atoms with E-state index in [1.165, 1.54) is 35.1 Å². The molecule has 0 amide bonds. The predicted molar refractivity (Wildman–Crippen MR) is 118 cm³/mol. The van der Waals surface area contributed by atoms with Gasteiger partial charge in [0.15, 0.2) is 0 Å². The first-order chi connectivity index (χ1) is 11.9. The van der Waals surface area contributed by atoms with Crippen molar-refractivity contribution in [2.45, 2.75) is 92.2 Å². The van der Waals surface area contributed by atoms with Gasteiger partial charge in [0.1, 0.15) is 0 Å². The van der Waals surface area contributed by atoms with Crippen LogP contribution in [0, 0.1) is 13.8 Å². The minimum Gasteiger partial charge on any atom is -1.00 e. The molecular weight excluding hydrogens is 478 g/mol. The van der Waals surface area contributed by atoms with E-state index in [2.05, 4.69) is 105 Å². The molecule has 0 saturated heterocycles. The second-order valence-electron chi connectivity index (χ2n) is 8.83. The average Bonchev–Trinajstić information content (AvgIpc) is 3.16. The maximum atomic E-state index is 2.31. The summed E-state index contributed by atoms with van der Waals surface area (Å²) in [4.78, 5) is 0. The molecule has 0 radical (unpaired) electrons. The average molecular weight is 519 g/mol. The predicted octanol–water partition coefficient (Wildman–Crippen LogP) is 1.60. The SMILES string of the molecule is CCC(C)(C)c1c[cH-]c(C)c1.CCC(C)(C)c1c[cH-]c(C)c1.C[Si](C)=[Zr+2].[Cl-].[Cl-]. The quantitative estimate of drug-likeness (QED) is 0.426. The molecular formula is C24H40Cl2SiZr-2. The first kappa shape index (κ1) is 33.0. The summed E-state index contributed by atoms with van der Waals surface area (Å²) in [5.41, 5.74) is 6.61. The van der Waals surface area contributed by atoms with Gasteiger partial charge < -0.3 is 24.8 Å². The molecule has 0 fully saturated rings. The Balaban J connectivity index is -0.000000355. The first-order valence-corrected chi connectivity index (χ1v) is 16.0. The molecule has 28 heavy (non-hydrogen) atoms. The molecule has 160 valence electrons. The van der Waals surface area contributed by atoms with Crippen molar-refractivity contribution in [3.8, 4) is 0 Å². The van der Waals surface area contributed by atoms with E-state index in [0.29, 0.717) is 10.8 Å². The molecule has 2 aromatic rings. The fourth-order valence-electron chi connectivity index (χ4n) is 2.38. The molecule has 2 rings (SSSR count). The molecule has 0 atom stereocenters. The van der Waals surface area contributed by atoms with Crippen LogP contribution in [0.25, 0.3) is 0 Å². The number of hydrogen-bond donors (Lipinski definition) is 0. The van der Waals surface area contributed by atoms with Crippen LogP contribution in [-0.2, 0) is 34.2 Å². The maximum Gasteiger partial charge on any atom is -1.00 e. The topological polar surface area (TPSA) is 0 Å². The summed E-state index contributed by atoms with van der Waals surface area (Å²) < 4.78 is 0. The Morgan fingerprint density at radius 2 is 1.04 bits per heavy atom. The van der Waals surface area contributed by atoms with Crippen LogP contribution in [0.4, 0.5) is 0 Å². The third kappa shape index (κ3) is 12.8. The van der Waals surface area contributed by atoms with Gasteiger partial charge in [0, 0.05) is 0 Å². The normalized spacial score (nSPS) is 10.4. The van der Waals surface area contributed by atoms with Gasteiger partial charge in [-0.2, -0.15) is 46.5 Å². The minimum absolute atomic E-state index is 0. The molecule has 0 heterocycles. The Bertz CT molecular complexity index is 609. The van der Waals surface area contributed by atoms with Crippen molar-refractivity contribution >= 4 is 5.43 Å². The first-order valence-electron chi connectivity index (χ1n) is 9.85. The molecule has 0 spiro atoms. The van der Waals surface area contributed by atoms with E-state index in [9.17, 15) is 0 Å². The molecule has 0 bridgehead atoms. The van der Waals surface area contributed by atoms with Crippen LogP contribution in [0.2, 0.25) is 13.1 Å². The second kappa shape index (κ2) is 15.2. The number of aryl methyl sites for hydroxylation is 2. The van der Waals surface area contributed by atoms with Crippen LogP contribution in [-0.4, -0.2) is 5.43 Å². The van der Waals surface area contributed by atoms with Gasteiger partial charge in [0.2, 0.25) is 0 Å². The summed E-state index contributed by atoms with van der Waals surface area (Å²) in [5, 5.41) is 0.